The van der Waals surface area contributed by atoms with Gasteiger partial charge in [0.05, 0.1) is 19.8 Å². The summed E-state index contributed by atoms with van der Waals surface area (Å²) in [5.41, 5.74) is 4.65. The molecular formula is C31H40N4O5. The molecule has 0 atom stereocenters. The second kappa shape index (κ2) is 14.5. The third-order valence-electron chi connectivity index (χ3n) is 6.82. The summed E-state index contributed by atoms with van der Waals surface area (Å²) >= 11 is 0. The molecule has 3 aromatic rings. The summed E-state index contributed by atoms with van der Waals surface area (Å²) in [5, 5.41) is 28.8. The van der Waals surface area contributed by atoms with Gasteiger partial charge in [-0.2, -0.15) is 0 Å². The molecule has 4 amide bonds. The van der Waals surface area contributed by atoms with Crippen molar-refractivity contribution in [2.75, 3.05) is 45.8 Å². The van der Waals surface area contributed by atoms with Crippen molar-refractivity contribution in [2.45, 2.75) is 47.5 Å². The molecule has 0 saturated carbocycles. The summed E-state index contributed by atoms with van der Waals surface area (Å²) in [6.45, 7) is 8.75. The molecule has 9 heteroatoms. The topological polar surface area (TPSA) is 108 Å². The Hall–Kier alpha value is -3.92. The van der Waals surface area contributed by atoms with Gasteiger partial charge >= 0.3 is 12.1 Å². The molecule has 0 unspecified atom stereocenters. The predicted molar refractivity (Wildman–Crippen MR) is 160 cm³/mol. The number of anilines is 4. The Bertz CT molecular complexity index is 1170. The number of hydrogen-bond acceptors (Lipinski definition) is 5. The van der Waals surface area contributed by atoms with Crippen LogP contribution in [-0.2, 0) is 19.8 Å². The second-order valence-electron chi connectivity index (χ2n) is 9.21. The first-order valence-electron chi connectivity index (χ1n) is 13.7. The average molecular weight is 549 g/mol. The van der Waals surface area contributed by atoms with E-state index in [0.717, 1.165) is 11.1 Å². The lowest BCUT2D eigenvalue weighted by molar-refractivity contribution is 0.251. The zero-order chi connectivity index (χ0) is 29.2. The lowest BCUT2D eigenvalue weighted by Gasteiger charge is -2.32. The highest BCUT2D eigenvalue weighted by atomic mass is 16.3. The zero-order valence-corrected chi connectivity index (χ0v) is 23.7. The van der Waals surface area contributed by atoms with Gasteiger partial charge in [-0.25, -0.2) is 9.59 Å². The summed E-state index contributed by atoms with van der Waals surface area (Å²) in [6, 6.07) is 19.2. The number of aliphatic hydroxyl groups excluding tert-OH is 3. The third kappa shape index (κ3) is 6.80. The van der Waals surface area contributed by atoms with Gasteiger partial charge in [-0.3, -0.25) is 19.6 Å². The molecule has 0 aliphatic rings. The van der Waals surface area contributed by atoms with Gasteiger partial charge in [-0.1, -0.05) is 24.3 Å². The molecule has 3 N–H and O–H groups in total. The smallest absolute Gasteiger partial charge is 0.328 e. The van der Waals surface area contributed by atoms with Crippen LogP contribution < -0.4 is 19.6 Å². The van der Waals surface area contributed by atoms with E-state index in [1.165, 1.54) is 0 Å². The lowest BCUT2D eigenvalue weighted by atomic mass is 10.1. The first-order chi connectivity index (χ1) is 19.3. The van der Waals surface area contributed by atoms with Crippen molar-refractivity contribution in [1.82, 2.24) is 0 Å². The lowest BCUT2D eigenvalue weighted by Crippen LogP contribution is -2.44. The van der Waals surface area contributed by atoms with Crippen molar-refractivity contribution in [3.63, 3.8) is 0 Å². The number of nitrogens with zero attached hydrogens (tertiary/aromatic N) is 4. The maximum absolute atomic E-state index is 13.8. The molecule has 0 aromatic heterocycles. The zero-order valence-electron chi connectivity index (χ0n) is 23.7. The van der Waals surface area contributed by atoms with Crippen LogP contribution in [0, 0.1) is 0 Å². The third-order valence-corrected chi connectivity index (χ3v) is 6.82. The molecule has 0 spiro atoms. The SMILES string of the molecule is CCN(C(=O)N(CC)c1cc(CO)cc(N(CC)C(=O)N(CC)c2ccc(CO)cc2)c1)c1ccc(CO)cc1. The Labute approximate surface area is 236 Å². The molecule has 0 aliphatic carbocycles. The molecular weight excluding hydrogens is 508 g/mol. The van der Waals surface area contributed by atoms with Gasteiger partial charge in [0, 0.05) is 48.9 Å². The van der Waals surface area contributed by atoms with E-state index in [1.54, 1.807) is 86.3 Å². The Morgan fingerprint density at radius 2 is 0.775 bits per heavy atom. The Kier molecular flexibility index (Phi) is 11.1. The van der Waals surface area contributed by atoms with Gasteiger partial charge in [0.2, 0.25) is 0 Å². The van der Waals surface area contributed by atoms with E-state index in [9.17, 15) is 24.9 Å². The van der Waals surface area contributed by atoms with E-state index >= 15 is 0 Å². The molecule has 0 heterocycles. The van der Waals surface area contributed by atoms with Gasteiger partial charge in [-0.05, 0) is 86.8 Å². The highest BCUT2D eigenvalue weighted by Gasteiger charge is 2.26. The number of hydrogen-bond donors (Lipinski definition) is 3. The number of urea groups is 2. The Morgan fingerprint density at radius 3 is 1.05 bits per heavy atom. The van der Waals surface area contributed by atoms with Crippen molar-refractivity contribution < 1.29 is 24.9 Å². The number of aliphatic hydroxyl groups is 3. The van der Waals surface area contributed by atoms with Crippen LogP contribution in [0.1, 0.15) is 44.4 Å². The maximum Gasteiger partial charge on any atom is 0.328 e. The average Bonchev–Trinajstić information content (AvgIpc) is 2.99. The molecule has 0 saturated heterocycles. The molecule has 40 heavy (non-hydrogen) atoms. The molecule has 3 rings (SSSR count). The maximum atomic E-state index is 13.8. The Morgan fingerprint density at radius 1 is 0.475 bits per heavy atom. The molecule has 9 nitrogen and oxygen atoms in total. The predicted octanol–water partition coefficient (Wildman–Crippen LogP) is 5.11. The summed E-state index contributed by atoms with van der Waals surface area (Å²) in [4.78, 5) is 34.1. The van der Waals surface area contributed by atoms with Gasteiger partial charge < -0.3 is 15.3 Å². The van der Waals surface area contributed by atoms with Crippen LogP contribution in [0.15, 0.2) is 66.7 Å². The first-order valence-corrected chi connectivity index (χ1v) is 13.7. The number of amides is 4. The van der Waals surface area contributed by atoms with E-state index in [0.29, 0.717) is 54.5 Å². The van der Waals surface area contributed by atoms with Crippen molar-refractivity contribution in [1.29, 1.82) is 0 Å². The fourth-order valence-corrected chi connectivity index (χ4v) is 4.63. The fourth-order valence-electron chi connectivity index (χ4n) is 4.63. The summed E-state index contributed by atoms with van der Waals surface area (Å²) in [6.07, 6.45) is 0. The van der Waals surface area contributed by atoms with Crippen LogP contribution in [0.4, 0.5) is 32.3 Å². The molecule has 214 valence electrons. The van der Waals surface area contributed by atoms with E-state index in [2.05, 4.69) is 0 Å². The second-order valence-corrected chi connectivity index (χ2v) is 9.21. The van der Waals surface area contributed by atoms with E-state index in [-0.39, 0.29) is 31.9 Å². The highest BCUT2D eigenvalue weighted by molar-refractivity contribution is 6.06. The van der Waals surface area contributed by atoms with Gasteiger partial charge in [0.25, 0.3) is 0 Å². The number of carbonyl (C=O) groups excluding carboxylic acids is 2. The summed E-state index contributed by atoms with van der Waals surface area (Å²) < 4.78 is 0. The molecule has 0 aliphatic heterocycles. The van der Waals surface area contributed by atoms with Crippen molar-refractivity contribution >= 4 is 34.8 Å². The van der Waals surface area contributed by atoms with Crippen LogP contribution in [0.2, 0.25) is 0 Å². The van der Waals surface area contributed by atoms with Crippen molar-refractivity contribution in [2.24, 2.45) is 0 Å². The van der Waals surface area contributed by atoms with E-state index in [1.807, 2.05) is 27.7 Å². The minimum atomic E-state index is -0.251. The highest BCUT2D eigenvalue weighted by Crippen LogP contribution is 2.29. The summed E-state index contributed by atoms with van der Waals surface area (Å²) in [5.74, 6) is 0. The molecule has 3 aromatic carbocycles. The molecule has 0 fully saturated rings. The summed E-state index contributed by atoms with van der Waals surface area (Å²) in [7, 11) is 0. The quantitative estimate of drug-likeness (QED) is 0.309. The molecule has 0 radical (unpaired) electrons. The van der Waals surface area contributed by atoms with Gasteiger partial charge in [-0.15, -0.1) is 0 Å². The van der Waals surface area contributed by atoms with Crippen LogP contribution in [0.25, 0.3) is 0 Å². The Balaban J connectivity index is 1.98. The van der Waals surface area contributed by atoms with Crippen LogP contribution in [-0.4, -0.2) is 53.6 Å². The fraction of sp³-hybridized carbons (Fsp3) is 0.355. The number of carbonyl (C=O) groups is 2. The number of benzene rings is 3. The van der Waals surface area contributed by atoms with Gasteiger partial charge in [0.15, 0.2) is 0 Å². The number of rotatable bonds is 11. The van der Waals surface area contributed by atoms with Crippen LogP contribution >= 0.6 is 0 Å². The minimum absolute atomic E-state index is 0.0752. The van der Waals surface area contributed by atoms with Gasteiger partial charge in [0.1, 0.15) is 0 Å². The monoisotopic (exact) mass is 548 g/mol. The minimum Gasteiger partial charge on any atom is -0.392 e. The standard InChI is InChI=1S/C31H40N4O5/c1-5-32(26-13-9-23(20-36)10-14-26)30(39)34(7-3)28-17-25(22-38)18-29(19-28)35(8-4)31(40)33(6-2)27-15-11-24(21-37)12-16-27/h9-19,36-38H,5-8,20-22H2,1-4H3. The largest absolute Gasteiger partial charge is 0.392 e. The van der Waals surface area contributed by atoms with Crippen molar-refractivity contribution in [3.05, 3.63) is 83.4 Å². The first kappa shape index (κ1) is 30.6. The van der Waals surface area contributed by atoms with Crippen LogP contribution in [0.3, 0.4) is 0 Å². The normalized spacial score (nSPS) is 10.8. The van der Waals surface area contributed by atoms with Crippen molar-refractivity contribution in [3.8, 4) is 0 Å². The molecule has 0 bridgehead atoms. The van der Waals surface area contributed by atoms with E-state index < -0.39 is 0 Å². The van der Waals surface area contributed by atoms with E-state index in [4.69, 9.17) is 0 Å². The van der Waals surface area contributed by atoms with Crippen LogP contribution in [0.5, 0.6) is 0 Å².